The molecule has 0 aromatic heterocycles. The lowest BCUT2D eigenvalue weighted by molar-refractivity contribution is 0.580. The summed E-state index contributed by atoms with van der Waals surface area (Å²) in [4.78, 5) is 8.13. The van der Waals surface area contributed by atoms with E-state index in [0.29, 0.717) is 5.84 Å². The topological polar surface area (TPSA) is 70.8 Å². The Hall–Kier alpha value is -1.72. The molecule has 0 N–H and O–H groups in total. The van der Waals surface area contributed by atoms with Crippen LogP contribution in [0.4, 0.5) is 0 Å². The Kier molecular flexibility index (Phi) is 7.46. The molecule has 0 unspecified atom stereocenters. The number of unbranched alkanes of at least 4 members (excludes halogenated alkanes) is 7. The van der Waals surface area contributed by atoms with Crippen molar-refractivity contribution < 1.29 is 0 Å². The zero-order valence-corrected chi connectivity index (χ0v) is 11.7. The Balaban J connectivity index is 2.13. The molecule has 0 atom stereocenters. The summed E-state index contributed by atoms with van der Waals surface area (Å²) in [5, 5.41) is 17.5. The fraction of sp³-hybridized carbons (Fsp3) is 0.667. The summed E-state index contributed by atoms with van der Waals surface area (Å²) in [5.41, 5.74) is 0.328. The molecule has 1 aliphatic heterocycles. The number of allylic oxidation sites excluding steroid dienone is 1. The van der Waals surface area contributed by atoms with Crippen LogP contribution < -0.4 is 0 Å². The van der Waals surface area contributed by atoms with Crippen LogP contribution in [-0.2, 0) is 0 Å². The number of amidine groups is 1. The van der Waals surface area contributed by atoms with Crippen molar-refractivity contribution in [1.82, 2.24) is 0 Å². The van der Waals surface area contributed by atoms with E-state index in [-0.39, 0.29) is 11.4 Å². The highest BCUT2D eigenvalue weighted by Crippen LogP contribution is 2.14. The summed E-state index contributed by atoms with van der Waals surface area (Å²) in [5.74, 6) is 2.54. The molecule has 0 radical (unpaired) electrons. The van der Waals surface area contributed by atoms with Gasteiger partial charge in [-0.3, -0.25) is 0 Å². The Bertz CT molecular complexity index is 434. The monoisotopic (exact) mass is 257 g/mol. The third kappa shape index (κ3) is 5.63. The van der Waals surface area contributed by atoms with Crippen molar-refractivity contribution in [3.8, 4) is 6.07 Å². The lowest BCUT2D eigenvalue weighted by atomic mass is 10.1. The highest BCUT2D eigenvalue weighted by atomic mass is 15.0. The van der Waals surface area contributed by atoms with Gasteiger partial charge in [0.05, 0.1) is 0 Å². The zero-order valence-electron chi connectivity index (χ0n) is 11.7. The van der Waals surface area contributed by atoms with Crippen LogP contribution in [0, 0.1) is 11.3 Å². The molecule has 0 spiro atoms. The molecule has 102 valence electrons. The summed E-state index contributed by atoms with van der Waals surface area (Å²) in [7, 11) is 0. The molecule has 1 rings (SSSR count). The second-order valence-electron chi connectivity index (χ2n) is 4.79. The predicted octanol–water partition coefficient (Wildman–Crippen LogP) is 4.02. The van der Waals surface area contributed by atoms with Crippen molar-refractivity contribution in [2.24, 2.45) is 9.98 Å². The van der Waals surface area contributed by atoms with Gasteiger partial charge in [0.1, 0.15) is 17.6 Å². The first-order chi connectivity index (χ1) is 9.31. The van der Waals surface area contributed by atoms with Crippen molar-refractivity contribution in [3.05, 3.63) is 11.1 Å². The maximum absolute atomic E-state index is 8.77. The van der Waals surface area contributed by atoms with E-state index < -0.39 is 0 Å². The van der Waals surface area contributed by atoms with E-state index in [0.717, 1.165) is 12.8 Å². The molecule has 4 heteroatoms. The Morgan fingerprint density at radius 3 is 2.16 bits per heavy atom. The third-order valence-corrected chi connectivity index (χ3v) is 3.17. The van der Waals surface area contributed by atoms with Crippen LogP contribution in [-0.4, -0.2) is 17.4 Å². The molecule has 0 bridgehead atoms. The molecule has 0 amide bonds. The van der Waals surface area contributed by atoms with E-state index in [2.05, 4.69) is 16.9 Å². The average Bonchev–Trinajstić information content (AvgIpc) is 2.84. The largest absolute Gasteiger partial charge is 0.761 e. The maximum atomic E-state index is 8.77. The standard InChI is InChI=1S/C15H21N4/c1-2-3-4-5-6-7-8-9-10-15-18-13(11-16)14(12-17)19-15/h2-10H2,1H3/q-1. The van der Waals surface area contributed by atoms with Crippen LogP contribution in [0.1, 0.15) is 64.7 Å². The third-order valence-electron chi connectivity index (χ3n) is 3.17. The fourth-order valence-electron chi connectivity index (χ4n) is 2.07. The molecule has 0 aliphatic carbocycles. The average molecular weight is 257 g/mol. The molecule has 1 aliphatic rings. The van der Waals surface area contributed by atoms with Gasteiger partial charge in [-0.05, 0) is 6.42 Å². The van der Waals surface area contributed by atoms with Gasteiger partial charge < -0.3 is 5.41 Å². The van der Waals surface area contributed by atoms with Gasteiger partial charge in [0, 0.05) is 6.42 Å². The second kappa shape index (κ2) is 9.24. The van der Waals surface area contributed by atoms with Gasteiger partial charge in [-0.15, -0.1) is 0 Å². The molecular formula is C15H21N4-. The minimum atomic E-state index is 0.164. The first-order valence-electron chi connectivity index (χ1n) is 7.15. The van der Waals surface area contributed by atoms with Gasteiger partial charge in [-0.25, -0.2) is 15.9 Å². The minimum absolute atomic E-state index is 0.164. The summed E-state index contributed by atoms with van der Waals surface area (Å²) >= 11 is 0. The zero-order chi connectivity index (χ0) is 13.9. The van der Waals surface area contributed by atoms with Crippen molar-refractivity contribution in [1.29, 1.82) is 5.26 Å². The van der Waals surface area contributed by atoms with Gasteiger partial charge in [-0.1, -0.05) is 51.9 Å². The molecule has 1 heterocycles. The van der Waals surface area contributed by atoms with Crippen molar-refractivity contribution in [2.75, 3.05) is 0 Å². The summed E-state index contributed by atoms with van der Waals surface area (Å²) in [6.45, 7) is 2.23. The van der Waals surface area contributed by atoms with Crippen LogP contribution >= 0.6 is 0 Å². The van der Waals surface area contributed by atoms with Gasteiger partial charge in [0.25, 0.3) is 0 Å². The van der Waals surface area contributed by atoms with Crippen LogP contribution in [0.15, 0.2) is 15.7 Å². The van der Waals surface area contributed by atoms with Gasteiger partial charge in [-0.2, -0.15) is 5.26 Å². The minimum Gasteiger partial charge on any atom is -0.761 e. The summed E-state index contributed by atoms with van der Waals surface area (Å²) in [6.07, 6.45) is 10.8. The highest BCUT2D eigenvalue weighted by molar-refractivity contribution is 6.24. The molecule has 0 saturated carbocycles. The normalized spacial score (nSPS) is 13.8. The molecule has 0 aromatic carbocycles. The van der Waals surface area contributed by atoms with E-state index in [4.69, 9.17) is 10.7 Å². The fourth-order valence-corrected chi connectivity index (χ4v) is 2.07. The smallest absolute Gasteiger partial charge is 0.174 e. The SMILES string of the molecule is CCCCCCCCCCC1=NC(=C=[N-])C(C#N)=N1. The molecule has 0 fully saturated rings. The first-order valence-corrected chi connectivity index (χ1v) is 7.15. The van der Waals surface area contributed by atoms with E-state index in [1.807, 2.05) is 11.9 Å². The van der Waals surface area contributed by atoms with Crippen molar-refractivity contribution in [3.63, 3.8) is 0 Å². The number of hydrogen-bond donors (Lipinski definition) is 0. The Morgan fingerprint density at radius 2 is 1.63 bits per heavy atom. The Labute approximate surface area is 115 Å². The van der Waals surface area contributed by atoms with Crippen LogP contribution in [0.5, 0.6) is 0 Å². The number of nitrogens with zero attached hydrogens (tertiary/aromatic N) is 4. The summed E-state index contributed by atoms with van der Waals surface area (Å²) < 4.78 is 0. The molecule has 0 saturated heterocycles. The molecular weight excluding hydrogens is 236 g/mol. The highest BCUT2D eigenvalue weighted by Gasteiger charge is 2.13. The van der Waals surface area contributed by atoms with E-state index in [9.17, 15) is 0 Å². The van der Waals surface area contributed by atoms with Gasteiger partial charge >= 0.3 is 0 Å². The predicted molar refractivity (Wildman–Crippen MR) is 79.6 cm³/mol. The summed E-state index contributed by atoms with van der Waals surface area (Å²) in [6, 6.07) is 1.90. The molecule has 0 aromatic rings. The number of rotatable bonds is 9. The second-order valence-corrected chi connectivity index (χ2v) is 4.79. The number of nitriles is 1. The number of hydrogen-bond acceptors (Lipinski definition) is 3. The van der Waals surface area contributed by atoms with E-state index in [1.54, 1.807) is 0 Å². The molecule has 4 nitrogen and oxygen atoms in total. The van der Waals surface area contributed by atoms with Gasteiger partial charge in [0.15, 0.2) is 5.71 Å². The first kappa shape index (κ1) is 15.3. The van der Waals surface area contributed by atoms with Crippen LogP contribution in [0.3, 0.4) is 0 Å². The van der Waals surface area contributed by atoms with Crippen molar-refractivity contribution >= 4 is 17.4 Å². The van der Waals surface area contributed by atoms with Crippen LogP contribution in [0.2, 0.25) is 0 Å². The maximum Gasteiger partial charge on any atom is 0.174 e. The van der Waals surface area contributed by atoms with E-state index in [1.165, 1.54) is 44.9 Å². The van der Waals surface area contributed by atoms with Crippen LogP contribution in [0.25, 0.3) is 5.41 Å². The van der Waals surface area contributed by atoms with Crippen molar-refractivity contribution in [2.45, 2.75) is 64.7 Å². The number of aliphatic imine (C=N–C) groups is 2. The molecule has 19 heavy (non-hydrogen) atoms. The lowest BCUT2D eigenvalue weighted by Gasteiger charge is -2.00. The lowest BCUT2D eigenvalue weighted by Crippen LogP contribution is -1.93. The Morgan fingerprint density at radius 1 is 1.00 bits per heavy atom. The van der Waals surface area contributed by atoms with Gasteiger partial charge in [0.2, 0.25) is 0 Å². The quantitative estimate of drug-likeness (QED) is 0.454. The van der Waals surface area contributed by atoms with E-state index >= 15 is 0 Å².